The number of halogens is 1. The van der Waals surface area contributed by atoms with Gasteiger partial charge in [-0.1, -0.05) is 35.9 Å². The van der Waals surface area contributed by atoms with Crippen LogP contribution in [-0.4, -0.2) is 0 Å². The van der Waals surface area contributed by atoms with Crippen LogP contribution in [0.3, 0.4) is 0 Å². The number of aryl methyl sites for hydroxylation is 1. The normalized spacial score (nSPS) is 6.78. The van der Waals surface area contributed by atoms with Crippen LogP contribution in [0.1, 0.15) is 5.56 Å². The maximum absolute atomic E-state index is 2.08. The van der Waals surface area contributed by atoms with E-state index in [0.717, 1.165) is 0 Å². The van der Waals surface area contributed by atoms with Crippen molar-refractivity contribution < 1.29 is 0 Å². The molecule has 0 fully saturated rings. The van der Waals surface area contributed by atoms with Crippen LogP contribution >= 0.6 is 25.9 Å². The van der Waals surface area contributed by atoms with E-state index < -0.39 is 0 Å². The minimum Gasteiger partial charge on any atom is -0.147 e. The van der Waals surface area contributed by atoms with Crippen LogP contribution in [0.4, 0.5) is 0 Å². The molecule has 1 aromatic carbocycles. The van der Waals surface area contributed by atoms with Crippen molar-refractivity contribution in [1.82, 2.24) is 0 Å². The number of benzene rings is 1. The van der Waals surface area contributed by atoms with Gasteiger partial charge in [0.15, 0.2) is 0 Å². The summed E-state index contributed by atoms with van der Waals surface area (Å²) in [6, 6.07) is 10.3. The lowest BCUT2D eigenvalue weighted by Crippen LogP contribution is -1.62. The number of hydrogen-bond donors (Lipinski definition) is 0. The van der Waals surface area contributed by atoms with E-state index in [4.69, 9.17) is 0 Å². The molecule has 0 bridgehead atoms. The van der Waals surface area contributed by atoms with Gasteiger partial charge in [-0.15, -0.1) is 12.4 Å². The predicted octanol–water partition coefficient (Wildman–Crippen LogP) is 3.07. The zero-order valence-corrected chi connectivity index (χ0v) is 6.84. The standard InChI is InChI=1S/C7H8.ClH.S/c1-7-5-3-2-4-6-7;;/h2-6H,1H3;1H;. The van der Waals surface area contributed by atoms with Gasteiger partial charge in [0.25, 0.3) is 0 Å². The molecule has 0 heterocycles. The van der Waals surface area contributed by atoms with Crippen molar-refractivity contribution in [3.05, 3.63) is 35.9 Å². The van der Waals surface area contributed by atoms with E-state index in [1.54, 1.807) is 0 Å². The molecule has 0 saturated heterocycles. The van der Waals surface area contributed by atoms with Crippen LogP contribution in [0.5, 0.6) is 0 Å². The van der Waals surface area contributed by atoms with Gasteiger partial charge in [0.05, 0.1) is 0 Å². The minimum absolute atomic E-state index is 0. The molecule has 0 unspecified atom stereocenters. The highest BCUT2D eigenvalue weighted by Crippen LogP contribution is 1.92. The van der Waals surface area contributed by atoms with Gasteiger partial charge in [-0.05, 0) is 6.92 Å². The summed E-state index contributed by atoms with van der Waals surface area (Å²) in [7, 11) is 0. The molecule has 0 spiro atoms. The fraction of sp³-hybridized carbons (Fsp3) is 0.143. The molecule has 0 aliphatic heterocycles. The van der Waals surface area contributed by atoms with Crippen LogP contribution in [0.2, 0.25) is 0 Å². The fourth-order valence-electron chi connectivity index (χ4n) is 0.534. The van der Waals surface area contributed by atoms with Crippen molar-refractivity contribution >= 4 is 25.9 Å². The van der Waals surface area contributed by atoms with E-state index in [0.29, 0.717) is 0 Å². The molecular weight excluding hydrogens is 152 g/mol. The Hall–Kier alpha value is -0.140. The maximum atomic E-state index is 2.08. The van der Waals surface area contributed by atoms with E-state index in [1.807, 2.05) is 18.2 Å². The van der Waals surface area contributed by atoms with Crippen LogP contribution in [0, 0.1) is 6.92 Å². The van der Waals surface area contributed by atoms with Gasteiger partial charge in [0.2, 0.25) is 0 Å². The van der Waals surface area contributed by atoms with Gasteiger partial charge in [-0.3, -0.25) is 0 Å². The largest absolute Gasteiger partial charge is 0.147 e. The summed E-state index contributed by atoms with van der Waals surface area (Å²) in [4.78, 5) is 0. The molecule has 0 saturated carbocycles. The van der Waals surface area contributed by atoms with Crippen molar-refractivity contribution in [3.8, 4) is 0 Å². The van der Waals surface area contributed by atoms with Crippen molar-refractivity contribution in [1.29, 1.82) is 0 Å². The fourth-order valence-corrected chi connectivity index (χ4v) is 0.534. The van der Waals surface area contributed by atoms with Gasteiger partial charge in [-0.25, -0.2) is 0 Å². The summed E-state index contributed by atoms with van der Waals surface area (Å²) in [5, 5.41) is 0. The van der Waals surface area contributed by atoms with Gasteiger partial charge in [0.1, 0.15) is 0 Å². The number of rotatable bonds is 0. The first-order valence-corrected chi connectivity index (χ1v) is 2.41. The second-order valence-electron chi connectivity index (χ2n) is 1.65. The minimum atomic E-state index is 0. The zero-order valence-electron chi connectivity index (χ0n) is 5.20. The SMILES string of the molecule is Cc1ccccc1.Cl.[S]. The van der Waals surface area contributed by atoms with E-state index in [-0.39, 0.29) is 25.9 Å². The zero-order chi connectivity index (χ0) is 5.11. The molecule has 0 aromatic heterocycles. The van der Waals surface area contributed by atoms with Gasteiger partial charge < -0.3 is 0 Å². The smallest absolute Gasteiger partial charge is 0 e. The first-order valence-electron chi connectivity index (χ1n) is 2.41. The molecule has 50 valence electrons. The van der Waals surface area contributed by atoms with Crippen molar-refractivity contribution in [2.45, 2.75) is 6.92 Å². The topological polar surface area (TPSA) is 0 Å². The molecule has 0 aliphatic rings. The average molecular weight is 161 g/mol. The van der Waals surface area contributed by atoms with Crippen LogP contribution < -0.4 is 0 Å². The van der Waals surface area contributed by atoms with E-state index in [2.05, 4.69) is 19.1 Å². The molecule has 1 rings (SSSR count). The quantitative estimate of drug-likeness (QED) is 0.547. The maximum Gasteiger partial charge on any atom is 0 e. The Morgan fingerprint density at radius 2 is 1.44 bits per heavy atom. The summed E-state index contributed by atoms with van der Waals surface area (Å²) in [6.45, 7) is 2.08. The van der Waals surface area contributed by atoms with Gasteiger partial charge >= 0.3 is 0 Å². The van der Waals surface area contributed by atoms with Crippen LogP contribution in [-0.2, 0) is 0 Å². The van der Waals surface area contributed by atoms with Crippen LogP contribution in [0.25, 0.3) is 0 Å². The molecule has 9 heavy (non-hydrogen) atoms. The molecule has 0 N–H and O–H groups in total. The monoisotopic (exact) mass is 160 g/mol. The highest BCUT2D eigenvalue weighted by molar-refractivity contribution is 7.59. The Labute approximate surface area is 69.1 Å². The summed E-state index contributed by atoms with van der Waals surface area (Å²) in [6.07, 6.45) is 0. The molecule has 2 heteroatoms. The Morgan fingerprint density at radius 3 is 1.67 bits per heavy atom. The third-order valence-electron chi connectivity index (χ3n) is 0.940. The Kier molecular flexibility index (Phi) is 7.74. The lowest BCUT2D eigenvalue weighted by atomic mass is 10.2. The first kappa shape index (κ1) is 11.6. The molecule has 0 nitrogen and oxygen atoms in total. The van der Waals surface area contributed by atoms with Gasteiger partial charge in [0, 0.05) is 13.5 Å². The highest BCUT2D eigenvalue weighted by Gasteiger charge is 1.72. The summed E-state index contributed by atoms with van der Waals surface area (Å²) < 4.78 is 0. The summed E-state index contributed by atoms with van der Waals surface area (Å²) in [5.74, 6) is 0. The third kappa shape index (κ3) is 4.37. The Morgan fingerprint density at radius 1 is 1.00 bits per heavy atom. The van der Waals surface area contributed by atoms with Gasteiger partial charge in [-0.2, -0.15) is 0 Å². The predicted molar refractivity (Wildman–Crippen MR) is 46.0 cm³/mol. The van der Waals surface area contributed by atoms with Crippen molar-refractivity contribution in [2.75, 3.05) is 0 Å². The molecular formula is C7H9ClS. The highest BCUT2D eigenvalue weighted by atomic mass is 35.5. The summed E-state index contributed by atoms with van der Waals surface area (Å²) in [5.41, 5.74) is 1.32. The molecule has 0 aliphatic carbocycles. The van der Waals surface area contributed by atoms with Crippen LogP contribution in [0.15, 0.2) is 30.3 Å². The summed E-state index contributed by atoms with van der Waals surface area (Å²) >= 11 is 0. The van der Waals surface area contributed by atoms with E-state index >= 15 is 0 Å². The molecule has 2 radical (unpaired) electrons. The average Bonchev–Trinajstić information content (AvgIpc) is 1.69. The lowest BCUT2D eigenvalue weighted by Gasteiger charge is -1.82. The van der Waals surface area contributed by atoms with Crippen molar-refractivity contribution in [2.24, 2.45) is 0 Å². The first-order chi connectivity index (χ1) is 3.39. The molecule has 0 atom stereocenters. The van der Waals surface area contributed by atoms with E-state index in [1.165, 1.54) is 5.56 Å². The molecule has 1 aromatic rings. The Bertz CT molecular complexity index is 139. The van der Waals surface area contributed by atoms with E-state index in [9.17, 15) is 0 Å². The third-order valence-corrected chi connectivity index (χ3v) is 0.940. The molecule has 0 amide bonds. The second-order valence-corrected chi connectivity index (χ2v) is 1.65. The second kappa shape index (κ2) is 5.99. The van der Waals surface area contributed by atoms with Crippen molar-refractivity contribution in [3.63, 3.8) is 0 Å². The Balaban J connectivity index is 0. The lowest BCUT2D eigenvalue weighted by molar-refractivity contribution is 1.48. The number of hydrogen-bond acceptors (Lipinski definition) is 0.